The molecular weight excluding hydrogens is 259 g/mol. The monoisotopic (exact) mass is 274 g/mol. The Morgan fingerprint density at radius 3 is 2.28 bits per heavy atom. The van der Waals surface area contributed by atoms with Crippen LogP contribution in [0.2, 0.25) is 0 Å². The molecule has 1 aromatic carbocycles. The highest BCUT2D eigenvalue weighted by Gasteiger charge is 2.47. The average Bonchev–Trinajstić information content (AvgIpc) is 2.27. The minimum absolute atomic E-state index is 0.209. The van der Waals surface area contributed by atoms with Gasteiger partial charge in [0.15, 0.2) is 0 Å². The molecule has 0 saturated carbocycles. The molecule has 3 nitrogen and oxygen atoms in total. The molecule has 1 rings (SSSR count). The molecule has 2 atom stereocenters. The molecule has 0 bridgehead atoms. The molecule has 0 amide bonds. The molecule has 100 valence electrons. The number of hydrogen-bond donors (Lipinski definition) is 1. The summed E-state index contributed by atoms with van der Waals surface area (Å²) >= 11 is 5.49. The molecule has 0 unspecified atom stereocenters. The summed E-state index contributed by atoms with van der Waals surface area (Å²) in [5.41, 5.74) is -0.666. The molecular formula is C13H16ClFO3. The van der Waals surface area contributed by atoms with Gasteiger partial charge in [-0.05, 0) is 26.3 Å². The van der Waals surface area contributed by atoms with Gasteiger partial charge >= 0.3 is 11.1 Å². The van der Waals surface area contributed by atoms with Gasteiger partial charge in [-0.25, -0.2) is 9.18 Å². The SMILES string of the molecule is CC(C)(C)OC(=O)[C@](F)(Cl)[C@H](O)c1ccccc1. The summed E-state index contributed by atoms with van der Waals surface area (Å²) in [6.45, 7) is 4.77. The smallest absolute Gasteiger partial charge is 0.363 e. The summed E-state index contributed by atoms with van der Waals surface area (Å²) in [7, 11) is 0. The van der Waals surface area contributed by atoms with E-state index in [4.69, 9.17) is 16.3 Å². The predicted molar refractivity (Wildman–Crippen MR) is 66.9 cm³/mol. The highest BCUT2D eigenvalue weighted by molar-refractivity contribution is 6.33. The van der Waals surface area contributed by atoms with E-state index in [0.717, 1.165) is 0 Å². The van der Waals surface area contributed by atoms with Gasteiger partial charge in [0.05, 0.1) is 0 Å². The van der Waals surface area contributed by atoms with Crippen LogP contribution < -0.4 is 0 Å². The number of aliphatic hydroxyl groups is 1. The lowest BCUT2D eigenvalue weighted by molar-refractivity contribution is -0.169. The van der Waals surface area contributed by atoms with E-state index in [0.29, 0.717) is 0 Å². The van der Waals surface area contributed by atoms with Crippen molar-refractivity contribution in [3.63, 3.8) is 0 Å². The zero-order chi connectivity index (χ0) is 14.0. The fourth-order valence-corrected chi connectivity index (χ4v) is 1.47. The Hall–Kier alpha value is -1.13. The summed E-state index contributed by atoms with van der Waals surface area (Å²) in [5, 5.41) is 6.80. The van der Waals surface area contributed by atoms with Gasteiger partial charge in [-0.3, -0.25) is 0 Å². The molecule has 5 heteroatoms. The van der Waals surface area contributed by atoms with Crippen molar-refractivity contribution < 1.29 is 19.0 Å². The van der Waals surface area contributed by atoms with E-state index in [1.54, 1.807) is 39.0 Å². The Morgan fingerprint density at radius 1 is 1.33 bits per heavy atom. The molecule has 0 aliphatic rings. The first-order chi connectivity index (χ1) is 8.14. The summed E-state index contributed by atoms with van der Waals surface area (Å²) in [6, 6.07) is 7.89. The van der Waals surface area contributed by atoms with Crippen molar-refractivity contribution >= 4 is 17.6 Å². The maximum atomic E-state index is 14.1. The Balaban J connectivity index is 2.89. The number of halogens is 2. The van der Waals surface area contributed by atoms with E-state index < -0.39 is 22.8 Å². The van der Waals surface area contributed by atoms with Crippen LogP contribution in [0.4, 0.5) is 4.39 Å². The van der Waals surface area contributed by atoms with Crippen LogP contribution in [0.5, 0.6) is 0 Å². The van der Waals surface area contributed by atoms with Crippen molar-refractivity contribution in [2.24, 2.45) is 0 Å². The lowest BCUT2D eigenvalue weighted by Crippen LogP contribution is -2.40. The topological polar surface area (TPSA) is 46.5 Å². The number of ether oxygens (including phenoxy) is 1. The van der Waals surface area contributed by atoms with E-state index in [9.17, 15) is 14.3 Å². The molecule has 0 heterocycles. The van der Waals surface area contributed by atoms with E-state index in [-0.39, 0.29) is 5.56 Å². The van der Waals surface area contributed by atoms with Crippen molar-refractivity contribution in [3.05, 3.63) is 35.9 Å². The quantitative estimate of drug-likeness (QED) is 0.681. The summed E-state index contributed by atoms with van der Waals surface area (Å²) < 4.78 is 19.0. The number of rotatable bonds is 3. The number of carbonyl (C=O) groups is 1. The highest BCUT2D eigenvalue weighted by Crippen LogP contribution is 2.35. The standard InChI is InChI=1S/C13H16ClFO3/c1-12(2,3)18-11(17)13(14,15)10(16)9-7-5-4-6-8-9/h4-8,10,16H,1-3H3/t10-,13+/m1/s1. The Labute approximate surface area is 111 Å². The largest absolute Gasteiger partial charge is 0.457 e. The van der Waals surface area contributed by atoms with Crippen molar-refractivity contribution in [1.29, 1.82) is 0 Å². The van der Waals surface area contributed by atoms with Gasteiger partial charge in [0.2, 0.25) is 0 Å². The van der Waals surface area contributed by atoms with Crippen LogP contribution in [-0.2, 0) is 9.53 Å². The third-order valence-corrected chi connectivity index (χ3v) is 2.49. The first kappa shape index (κ1) is 14.9. The summed E-state index contributed by atoms with van der Waals surface area (Å²) in [6.07, 6.45) is -1.78. The number of hydrogen-bond acceptors (Lipinski definition) is 3. The van der Waals surface area contributed by atoms with Crippen molar-refractivity contribution in [3.8, 4) is 0 Å². The second-order valence-corrected chi connectivity index (χ2v) is 5.49. The van der Waals surface area contributed by atoms with Gasteiger partial charge in [-0.15, -0.1) is 0 Å². The number of esters is 1. The Morgan fingerprint density at radius 2 is 1.83 bits per heavy atom. The lowest BCUT2D eigenvalue weighted by atomic mass is 10.0. The van der Waals surface area contributed by atoms with Crippen molar-refractivity contribution in [2.45, 2.75) is 37.6 Å². The van der Waals surface area contributed by atoms with Gasteiger partial charge in [0.1, 0.15) is 11.7 Å². The normalized spacial score (nSPS) is 16.8. The maximum absolute atomic E-state index is 14.1. The molecule has 18 heavy (non-hydrogen) atoms. The first-order valence-corrected chi connectivity index (χ1v) is 5.86. The molecule has 0 fully saturated rings. The van der Waals surface area contributed by atoms with E-state index in [1.807, 2.05) is 0 Å². The maximum Gasteiger partial charge on any atom is 0.363 e. The Bertz CT molecular complexity index is 412. The minimum Gasteiger partial charge on any atom is -0.457 e. The number of benzene rings is 1. The number of alkyl halides is 2. The predicted octanol–water partition coefficient (Wildman–Crippen LogP) is 2.97. The average molecular weight is 275 g/mol. The molecule has 0 aliphatic heterocycles. The minimum atomic E-state index is -3.01. The third-order valence-electron chi connectivity index (χ3n) is 2.13. The summed E-state index contributed by atoms with van der Waals surface area (Å²) in [5.74, 6) is -1.30. The molecule has 0 radical (unpaired) electrons. The third kappa shape index (κ3) is 3.68. The fraction of sp³-hybridized carbons (Fsp3) is 0.462. The lowest BCUT2D eigenvalue weighted by Gasteiger charge is -2.27. The van der Waals surface area contributed by atoms with E-state index in [1.165, 1.54) is 12.1 Å². The molecule has 1 N–H and O–H groups in total. The second-order valence-electron chi connectivity index (χ2n) is 4.94. The first-order valence-electron chi connectivity index (χ1n) is 5.49. The molecule has 0 aromatic heterocycles. The van der Waals surface area contributed by atoms with E-state index >= 15 is 0 Å². The zero-order valence-electron chi connectivity index (χ0n) is 10.5. The van der Waals surface area contributed by atoms with Crippen molar-refractivity contribution in [1.82, 2.24) is 0 Å². The van der Waals surface area contributed by atoms with Crippen LogP contribution in [0.15, 0.2) is 30.3 Å². The van der Waals surface area contributed by atoms with Gasteiger partial charge < -0.3 is 9.84 Å². The van der Waals surface area contributed by atoms with Gasteiger partial charge in [-0.1, -0.05) is 41.9 Å². The van der Waals surface area contributed by atoms with Crippen LogP contribution in [0, 0.1) is 0 Å². The Kier molecular flexibility index (Phi) is 4.35. The zero-order valence-corrected chi connectivity index (χ0v) is 11.2. The number of aliphatic hydroxyl groups excluding tert-OH is 1. The fourth-order valence-electron chi connectivity index (χ4n) is 1.30. The highest BCUT2D eigenvalue weighted by atomic mass is 35.5. The molecule has 0 spiro atoms. The second kappa shape index (κ2) is 5.24. The van der Waals surface area contributed by atoms with Gasteiger partial charge in [0, 0.05) is 0 Å². The van der Waals surface area contributed by atoms with Gasteiger partial charge in [-0.2, -0.15) is 0 Å². The van der Waals surface area contributed by atoms with Crippen LogP contribution in [0.25, 0.3) is 0 Å². The molecule has 0 saturated heterocycles. The van der Waals surface area contributed by atoms with Gasteiger partial charge in [0.25, 0.3) is 0 Å². The van der Waals surface area contributed by atoms with E-state index in [2.05, 4.69) is 0 Å². The number of carbonyl (C=O) groups excluding carboxylic acids is 1. The van der Waals surface area contributed by atoms with Crippen LogP contribution in [0.3, 0.4) is 0 Å². The summed E-state index contributed by atoms with van der Waals surface area (Å²) in [4.78, 5) is 11.6. The van der Waals surface area contributed by atoms with Crippen molar-refractivity contribution in [2.75, 3.05) is 0 Å². The molecule has 0 aliphatic carbocycles. The van der Waals surface area contributed by atoms with Crippen LogP contribution >= 0.6 is 11.6 Å². The molecule has 1 aromatic rings. The van der Waals surface area contributed by atoms with Crippen LogP contribution in [-0.4, -0.2) is 21.8 Å². The van der Waals surface area contributed by atoms with Crippen LogP contribution in [0.1, 0.15) is 32.4 Å².